The molecule has 0 aliphatic heterocycles. The smallest absolute Gasteiger partial charge is 0.124 e. The normalized spacial score (nSPS) is 10.6. The molecule has 0 aromatic heterocycles. The minimum atomic E-state index is 0.571. The fourth-order valence-corrected chi connectivity index (χ4v) is 2.25. The molecule has 0 heterocycles. The van der Waals surface area contributed by atoms with Crippen LogP contribution in [0, 0.1) is 6.92 Å². The molecule has 0 saturated carbocycles. The van der Waals surface area contributed by atoms with Crippen molar-refractivity contribution in [3.63, 3.8) is 0 Å². The van der Waals surface area contributed by atoms with Gasteiger partial charge in [-0.25, -0.2) is 0 Å². The predicted molar refractivity (Wildman–Crippen MR) is 84.6 cm³/mol. The Labute approximate surface area is 125 Å². The molecule has 2 aromatic carbocycles. The van der Waals surface area contributed by atoms with Crippen LogP contribution in [0.25, 0.3) is 0 Å². The van der Waals surface area contributed by atoms with Crippen LogP contribution in [0.15, 0.2) is 42.5 Å². The molecule has 20 heavy (non-hydrogen) atoms. The number of hydrogen-bond donors (Lipinski definition) is 1. The van der Waals surface area contributed by atoms with E-state index in [2.05, 4.69) is 23.5 Å². The Hall–Kier alpha value is -1.51. The van der Waals surface area contributed by atoms with E-state index in [-0.39, 0.29) is 0 Å². The maximum atomic E-state index is 6.01. The number of rotatable bonds is 6. The first kappa shape index (κ1) is 14.9. The number of halogens is 1. The molecule has 0 unspecified atom stereocenters. The van der Waals surface area contributed by atoms with Crippen molar-refractivity contribution in [2.75, 3.05) is 13.6 Å². The van der Waals surface area contributed by atoms with Crippen LogP contribution in [-0.2, 0) is 13.0 Å². The molecule has 3 heteroatoms. The molecular formula is C17H20ClNO. The van der Waals surface area contributed by atoms with Crippen molar-refractivity contribution in [2.24, 2.45) is 0 Å². The molecular weight excluding hydrogens is 270 g/mol. The number of ether oxygens (including phenoxy) is 1. The van der Waals surface area contributed by atoms with E-state index in [9.17, 15) is 0 Å². The topological polar surface area (TPSA) is 21.3 Å². The highest BCUT2D eigenvalue weighted by Crippen LogP contribution is 2.24. The lowest BCUT2D eigenvalue weighted by Crippen LogP contribution is -2.12. The lowest BCUT2D eigenvalue weighted by molar-refractivity contribution is 0.303. The van der Waals surface area contributed by atoms with Crippen molar-refractivity contribution >= 4 is 11.6 Å². The molecule has 2 rings (SSSR count). The molecule has 0 bridgehead atoms. The molecule has 2 aromatic rings. The van der Waals surface area contributed by atoms with Gasteiger partial charge in [0.1, 0.15) is 12.4 Å². The quantitative estimate of drug-likeness (QED) is 0.868. The summed E-state index contributed by atoms with van der Waals surface area (Å²) < 4.78 is 5.92. The number of aryl methyl sites for hydroxylation is 1. The summed E-state index contributed by atoms with van der Waals surface area (Å²) in [5.74, 6) is 0.848. The zero-order valence-electron chi connectivity index (χ0n) is 11.9. The minimum Gasteiger partial charge on any atom is -0.489 e. The van der Waals surface area contributed by atoms with Crippen molar-refractivity contribution in [2.45, 2.75) is 20.0 Å². The van der Waals surface area contributed by atoms with Gasteiger partial charge in [-0.2, -0.15) is 0 Å². The summed E-state index contributed by atoms with van der Waals surface area (Å²) in [6.07, 6.45) is 1.00. The standard InChI is InChI=1S/C17H20ClNO/c1-13-7-8-16(18)11-17(13)20-12-15-6-4-3-5-14(15)9-10-19-2/h3-8,11,19H,9-10,12H2,1-2H3. The Bertz CT molecular complexity index is 569. The minimum absolute atomic E-state index is 0.571. The first-order valence-electron chi connectivity index (χ1n) is 6.81. The average Bonchev–Trinajstić information content (AvgIpc) is 2.47. The fourth-order valence-electron chi connectivity index (χ4n) is 2.09. The van der Waals surface area contributed by atoms with Crippen LogP contribution in [-0.4, -0.2) is 13.6 Å². The van der Waals surface area contributed by atoms with Crippen LogP contribution < -0.4 is 10.1 Å². The maximum absolute atomic E-state index is 6.01. The van der Waals surface area contributed by atoms with Crippen LogP contribution in [0.5, 0.6) is 5.75 Å². The summed E-state index contributed by atoms with van der Waals surface area (Å²) in [4.78, 5) is 0. The van der Waals surface area contributed by atoms with E-state index in [1.54, 1.807) is 0 Å². The van der Waals surface area contributed by atoms with Crippen molar-refractivity contribution in [3.8, 4) is 5.75 Å². The first-order valence-corrected chi connectivity index (χ1v) is 7.19. The second-order valence-electron chi connectivity index (χ2n) is 4.82. The number of likely N-dealkylation sites (N-methyl/N-ethyl adjacent to an activating group) is 1. The Kier molecular flexibility index (Phi) is 5.45. The Balaban J connectivity index is 2.08. The molecule has 0 saturated heterocycles. The molecule has 0 radical (unpaired) electrons. The molecule has 0 aliphatic carbocycles. The Morgan fingerprint density at radius 1 is 1.10 bits per heavy atom. The van der Waals surface area contributed by atoms with Crippen molar-refractivity contribution < 1.29 is 4.74 Å². The summed E-state index contributed by atoms with van der Waals surface area (Å²) in [6, 6.07) is 14.1. The van der Waals surface area contributed by atoms with Gasteiger partial charge in [0, 0.05) is 5.02 Å². The lowest BCUT2D eigenvalue weighted by Gasteiger charge is -2.13. The monoisotopic (exact) mass is 289 g/mol. The van der Waals surface area contributed by atoms with E-state index in [1.807, 2.05) is 38.2 Å². The van der Waals surface area contributed by atoms with E-state index in [0.717, 1.165) is 24.3 Å². The third kappa shape index (κ3) is 3.99. The molecule has 0 amide bonds. The number of benzene rings is 2. The second-order valence-corrected chi connectivity index (χ2v) is 5.26. The van der Waals surface area contributed by atoms with Gasteiger partial charge in [-0.1, -0.05) is 41.9 Å². The van der Waals surface area contributed by atoms with Gasteiger partial charge in [0.25, 0.3) is 0 Å². The van der Waals surface area contributed by atoms with Crippen LogP contribution in [0.2, 0.25) is 5.02 Å². The molecule has 106 valence electrons. The fraction of sp³-hybridized carbons (Fsp3) is 0.294. The zero-order valence-corrected chi connectivity index (χ0v) is 12.7. The molecule has 0 spiro atoms. The summed E-state index contributed by atoms with van der Waals surface area (Å²) >= 11 is 6.01. The van der Waals surface area contributed by atoms with Gasteiger partial charge in [0.05, 0.1) is 0 Å². The van der Waals surface area contributed by atoms with Crippen LogP contribution >= 0.6 is 11.6 Å². The highest BCUT2D eigenvalue weighted by Gasteiger charge is 2.05. The third-order valence-corrected chi connectivity index (χ3v) is 3.53. The van der Waals surface area contributed by atoms with E-state index < -0.39 is 0 Å². The van der Waals surface area contributed by atoms with Gasteiger partial charge >= 0.3 is 0 Å². The largest absolute Gasteiger partial charge is 0.489 e. The Morgan fingerprint density at radius 2 is 1.85 bits per heavy atom. The Morgan fingerprint density at radius 3 is 2.60 bits per heavy atom. The summed E-state index contributed by atoms with van der Waals surface area (Å²) in [5, 5.41) is 3.88. The second kappa shape index (κ2) is 7.32. The molecule has 0 fully saturated rings. The van der Waals surface area contributed by atoms with Crippen molar-refractivity contribution in [1.82, 2.24) is 5.32 Å². The highest BCUT2D eigenvalue weighted by molar-refractivity contribution is 6.30. The van der Waals surface area contributed by atoms with Gasteiger partial charge < -0.3 is 10.1 Å². The molecule has 0 aliphatic rings. The third-order valence-electron chi connectivity index (χ3n) is 3.30. The van der Waals surface area contributed by atoms with E-state index in [1.165, 1.54) is 11.1 Å². The van der Waals surface area contributed by atoms with E-state index >= 15 is 0 Å². The number of nitrogens with one attached hydrogen (secondary N) is 1. The molecule has 0 atom stereocenters. The molecule has 2 nitrogen and oxygen atoms in total. The van der Waals surface area contributed by atoms with Gasteiger partial charge in [-0.3, -0.25) is 0 Å². The molecule has 1 N–H and O–H groups in total. The lowest BCUT2D eigenvalue weighted by atomic mass is 10.1. The predicted octanol–water partition coefficient (Wildman–Crippen LogP) is 3.99. The summed E-state index contributed by atoms with van der Waals surface area (Å²) in [7, 11) is 1.97. The van der Waals surface area contributed by atoms with Crippen LogP contribution in [0.3, 0.4) is 0 Å². The summed E-state index contributed by atoms with van der Waals surface area (Å²) in [5.41, 5.74) is 3.64. The van der Waals surface area contributed by atoms with Gasteiger partial charge in [0.15, 0.2) is 0 Å². The van der Waals surface area contributed by atoms with Crippen molar-refractivity contribution in [1.29, 1.82) is 0 Å². The van der Waals surface area contributed by atoms with E-state index in [0.29, 0.717) is 11.6 Å². The van der Waals surface area contributed by atoms with Crippen molar-refractivity contribution in [3.05, 3.63) is 64.2 Å². The summed E-state index contributed by atoms with van der Waals surface area (Å²) in [6.45, 7) is 3.56. The zero-order chi connectivity index (χ0) is 14.4. The van der Waals surface area contributed by atoms with Crippen LogP contribution in [0.4, 0.5) is 0 Å². The SMILES string of the molecule is CNCCc1ccccc1COc1cc(Cl)ccc1C. The van der Waals surface area contributed by atoms with Gasteiger partial charge in [-0.05, 0) is 55.8 Å². The first-order chi connectivity index (χ1) is 9.70. The van der Waals surface area contributed by atoms with Crippen LogP contribution in [0.1, 0.15) is 16.7 Å². The average molecular weight is 290 g/mol. The highest BCUT2D eigenvalue weighted by atomic mass is 35.5. The maximum Gasteiger partial charge on any atom is 0.124 e. The van der Waals surface area contributed by atoms with Gasteiger partial charge in [0.2, 0.25) is 0 Å². The number of hydrogen-bond acceptors (Lipinski definition) is 2. The van der Waals surface area contributed by atoms with E-state index in [4.69, 9.17) is 16.3 Å². The van der Waals surface area contributed by atoms with Gasteiger partial charge in [-0.15, -0.1) is 0 Å².